The predicted octanol–water partition coefficient (Wildman–Crippen LogP) is 2.74. The highest BCUT2D eigenvalue weighted by Crippen LogP contribution is 2.28. The van der Waals surface area contributed by atoms with E-state index in [-0.39, 0.29) is 18.8 Å². The molecule has 0 aliphatic carbocycles. The van der Waals surface area contributed by atoms with Crippen LogP contribution in [-0.2, 0) is 17.5 Å². The maximum Gasteiger partial charge on any atom is 0.417 e. The van der Waals surface area contributed by atoms with Gasteiger partial charge in [-0.25, -0.2) is 4.98 Å². The molecule has 0 spiro atoms. The van der Waals surface area contributed by atoms with E-state index in [1.54, 1.807) is 22.9 Å². The number of nitrogens with one attached hydrogen (secondary N) is 1. The summed E-state index contributed by atoms with van der Waals surface area (Å²) in [5.74, 6) is -0.362. The molecule has 0 saturated carbocycles. The van der Waals surface area contributed by atoms with Crippen molar-refractivity contribution in [1.29, 1.82) is 0 Å². The number of aldehydes is 1. The van der Waals surface area contributed by atoms with Gasteiger partial charge in [-0.1, -0.05) is 0 Å². The second kappa shape index (κ2) is 6.42. The lowest BCUT2D eigenvalue weighted by atomic mass is 10.3. The summed E-state index contributed by atoms with van der Waals surface area (Å²) >= 11 is 0. The van der Waals surface area contributed by atoms with Crippen LogP contribution in [-0.4, -0.2) is 21.7 Å². The Bertz CT molecular complexity index is 663. The van der Waals surface area contributed by atoms with Gasteiger partial charge in [0.25, 0.3) is 0 Å². The maximum atomic E-state index is 12.4. The van der Waals surface area contributed by atoms with Gasteiger partial charge in [-0.2, -0.15) is 13.2 Å². The first-order valence-corrected chi connectivity index (χ1v) is 6.33. The van der Waals surface area contributed by atoms with Gasteiger partial charge in [-0.15, -0.1) is 0 Å². The number of nitrogens with zero attached hydrogens (tertiary/aromatic N) is 2. The molecule has 0 radical (unpaired) electrons. The Morgan fingerprint density at radius 2 is 2.09 bits per heavy atom. The molecular weight excluding hydrogens is 299 g/mol. The van der Waals surface area contributed by atoms with Crippen molar-refractivity contribution in [3.8, 4) is 0 Å². The number of amides is 1. The van der Waals surface area contributed by atoms with Gasteiger partial charge >= 0.3 is 6.18 Å². The van der Waals surface area contributed by atoms with Crippen LogP contribution in [0.25, 0.3) is 0 Å². The SMILES string of the molecule is O=Cc1cccn1CCC(=O)Nc1ccc(C(F)(F)F)cn1. The van der Waals surface area contributed by atoms with E-state index in [0.29, 0.717) is 18.2 Å². The Balaban J connectivity index is 1.91. The summed E-state index contributed by atoms with van der Waals surface area (Å²) in [6.45, 7) is 0.285. The maximum absolute atomic E-state index is 12.4. The number of aromatic nitrogens is 2. The Hall–Kier alpha value is -2.64. The minimum atomic E-state index is -4.46. The molecule has 0 saturated heterocycles. The van der Waals surface area contributed by atoms with Crippen molar-refractivity contribution in [2.24, 2.45) is 0 Å². The van der Waals surface area contributed by atoms with Gasteiger partial charge in [0.1, 0.15) is 5.82 Å². The molecular formula is C14H12F3N3O2. The molecule has 22 heavy (non-hydrogen) atoms. The fourth-order valence-corrected chi connectivity index (χ4v) is 1.80. The summed E-state index contributed by atoms with van der Waals surface area (Å²) < 4.78 is 38.7. The Morgan fingerprint density at radius 3 is 2.68 bits per heavy atom. The summed E-state index contributed by atoms with van der Waals surface area (Å²) in [5, 5.41) is 2.40. The first-order valence-electron chi connectivity index (χ1n) is 6.33. The fraction of sp³-hybridized carbons (Fsp3) is 0.214. The number of halogens is 3. The van der Waals surface area contributed by atoms with Crippen LogP contribution in [0.15, 0.2) is 36.7 Å². The summed E-state index contributed by atoms with van der Waals surface area (Å²) in [6.07, 6.45) is -1.40. The van der Waals surface area contributed by atoms with Gasteiger partial charge in [0.15, 0.2) is 6.29 Å². The molecule has 0 aliphatic rings. The third-order valence-electron chi connectivity index (χ3n) is 2.92. The highest BCUT2D eigenvalue weighted by atomic mass is 19.4. The summed E-state index contributed by atoms with van der Waals surface area (Å²) in [5.41, 5.74) is -0.436. The second-order valence-electron chi connectivity index (χ2n) is 4.47. The number of hydrogen-bond donors (Lipinski definition) is 1. The number of alkyl halides is 3. The van der Waals surface area contributed by atoms with Crippen molar-refractivity contribution in [3.63, 3.8) is 0 Å². The largest absolute Gasteiger partial charge is 0.417 e. The van der Waals surface area contributed by atoms with E-state index in [9.17, 15) is 22.8 Å². The van der Waals surface area contributed by atoms with E-state index in [1.165, 1.54) is 0 Å². The van der Waals surface area contributed by atoms with Crippen molar-refractivity contribution in [1.82, 2.24) is 9.55 Å². The zero-order valence-corrected chi connectivity index (χ0v) is 11.3. The molecule has 8 heteroatoms. The molecule has 1 N–H and O–H groups in total. The van der Waals surface area contributed by atoms with Gasteiger partial charge in [-0.3, -0.25) is 9.59 Å². The third-order valence-corrected chi connectivity index (χ3v) is 2.92. The standard InChI is InChI=1S/C14H12F3N3O2/c15-14(16,17)10-3-4-12(18-8-10)19-13(22)5-7-20-6-1-2-11(20)9-21/h1-4,6,8-9H,5,7H2,(H,18,19,22). The van der Waals surface area contributed by atoms with Crippen molar-refractivity contribution in [2.75, 3.05) is 5.32 Å². The lowest BCUT2D eigenvalue weighted by Gasteiger charge is -2.08. The van der Waals surface area contributed by atoms with Crippen LogP contribution in [0.5, 0.6) is 0 Å². The van der Waals surface area contributed by atoms with E-state index in [0.717, 1.165) is 12.1 Å². The molecule has 0 unspecified atom stereocenters. The number of anilines is 1. The van der Waals surface area contributed by atoms with Gasteiger partial charge in [-0.05, 0) is 24.3 Å². The van der Waals surface area contributed by atoms with Crippen molar-refractivity contribution in [3.05, 3.63) is 47.9 Å². The molecule has 0 atom stereocenters. The average Bonchev–Trinajstić information content (AvgIpc) is 2.92. The fourth-order valence-electron chi connectivity index (χ4n) is 1.80. The highest BCUT2D eigenvalue weighted by molar-refractivity contribution is 5.89. The second-order valence-corrected chi connectivity index (χ2v) is 4.47. The lowest BCUT2D eigenvalue weighted by Crippen LogP contribution is -2.16. The van der Waals surface area contributed by atoms with Crippen LogP contribution >= 0.6 is 0 Å². The predicted molar refractivity (Wildman–Crippen MR) is 72.3 cm³/mol. The highest BCUT2D eigenvalue weighted by Gasteiger charge is 2.30. The van der Waals surface area contributed by atoms with Crippen molar-refractivity contribution in [2.45, 2.75) is 19.1 Å². The van der Waals surface area contributed by atoms with Gasteiger partial charge in [0.05, 0.1) is 11.3 Å². The smallest absolute Gasteiger partial charge is 0.345 e. The molecule has 116 valence electrons. The molecule has 0 bridgehead atoms. The number of carbonyl (C=O) groups is 2. The zero-order chi connectivity index (χ0) is 16.2. The molecule has 2 rings (SSSR count). The zero-order valence-electron chi connectivity index (χ0n) is 11.3. The lowest BCUT2D eigenvalue weighted by molar-refractivity contribution is -0.137. The van der Waals surface area contributed by atoms with E-state index in [4.69, 9.17) is 0 Å². The van der Waals surface area contributed by atoms with Crippen LogP contribution in [0.4, 0.5) is 19.0 Å². The molecule has 0 aromatic carbocycles. The Kier molecular flexibility index (Phi) is 4.59. The van der Waals surface area contributed by atoms with E-state index >= 15 is 0 Å². The molecule has 0 fully saturated rings. The van der Waals surface area contributed by atoms with Gasteiger partial charge in [0, 0.05) is 25.4 Å². The molecule has 5 nitrogen and oxygen atoms in total. The van der Waals surface area contributed by atoms with Crippen LogP contribution in [0.3, 0.4) is 0 Å². The number of rotatable bonds is 5. The molecule has 2 heterocycles. The number of pyridine rings is 1. The van der Waals surface area contributed by atoms with Crippen LogP contribution < -0.4 is 5.32 Å². The van der Waals surface area contributed by atoms with Gasteiger partial charge < -0.3 is 9.88 Å². The minimum absolute atomic E-state index is 0.0427. The topological polar surface area (TPSA) is 64.0 Å². The quantitative estimate of drug-likeness (QED) is 0.864. The average molecular weight is 311 g/mol. The van der Waals surface area contributed by atoms with E-state index in [1.807, 2.05) is 0 Å². The monoisotopic (exact) mass is 311 g/mol. The summed E-state index contributed by atoms with van der Waals surface area (Å²) in [7, 11) is 0. The first-order chi connectivity index (χ1) is 10.4. The summed E-state index contributed by atoms with van der Waals surface area (Å²) in [6, 6.07) is 5.23. The molecule has 2 aromatic rings. The summed E-state index contributed by atoms with van der Waals surface area (Å²) in [4.78, 5) is 26.0. The number of hydrogen-bond acceptors (Lipinski definition) is 3. The van der Waals surface area contributed by atoms with E-state index < -0.39 is 17.6 Å². The Labute approximate surface area is 123 Å². The van der Waals surface area contributed by atoms with Crippen LogP contribution in [0.1, 0.15) is 22.5 Å². The third kappa shape index (κ3) is 3.94. The van der Waals surface area contributed by atoms with Crippen molar-refractivity contribution >= 4 is 18.0 Å². The van der Waals surface area contributed by atoms with Gasteiger partial charge in [0.2, 0.25) is 5.91 Å². The minimum Gasteiger partial charge on any atom is -0.345 e. The first kappa shape index (κ1) is 15.7. The molecule has 0 aliphatic heterocycles. The number of aryl methyl sites for hydroxylation is 1. The van der Waals surface area contributed by atoms with Crippen molar-refractivity contribution < 1.29 is 22.8 Å². The number of carbonyl (C=O) groups excluding carboxylic acids is 2. The van der Waals surface area contributed by atoms with Crippen LogP contribution in [0.2, 0.25) is 0 Å². The van der Waals surface area contributed by atoms with E-state index in [2.05, 4.69) is 10.3 Å². The Morgan fingerprint density at radius 1 is 1.32 bits per heavy atom. The molecule has 1 amide bonds. The normalized spacial score (nSPS) is 11.2. The van der Waals surface area contributed by atoms with Crippen LogP contribution in [0, 0.1) is 0 Å². The molecule has 2 aromatic heterocycles.